The van der Waals surface area contributed by atoms with Crippen LogP contribution in [0.3, 0.4) is 0 Å². The minimum atomic E-state index is -0.605. The number of nitro benzene ring substituents is 1. The first-order valence-electron chi connectivity index (χ1n) is 8.99. The van der Waals surface area contributed by atoms with E-state index in [9.17, 15) is 19.7 Å². The molecule has 3 aromatic rings. The van der Waals surface area contributed by atoms with Crippen molar-refractivity contribution >= 4 is 11.7 Å². The largest absolute Gasteiger partial charge is 0.467 e. The molecule has 0 fully saturated rings. The fraction of sp³-hybridized carbons (Fsp3) is 0.200. The molecule has 154 valence electrons. The number of ether oxygens (including phenoxy) is 3. The van der Waals surface area contributed by atoms with Crippen LogP contribution in [0.4, 0.5) is 5.69 Å². The number of nitro groups is 1. The zero-order valence-electron chi connectivity index (χ0n) is 15.9. The fourth-order valence-corrected chi connectivity index (χ4v) is 3.24. The summed E-state index contributed by atoms with van der Waals surface area (Å²) < 4.78 is 17.4. The molecule has 0 spiro atoms. The Balaban J connectivity index is 1.52. The first-order chi connectivity index (χ1) is 14.4. The van der Waals surface area contributed by atoms with Gasteiger partial charge >= 0.3 is 11.7 Å². The quantitative estimate of drug-likeness (QED) is 0.388. The van der Waals surface area contributed by atoms with E-state index >= 15 is 0 Å². The summed E-state index contributed by atoms with van der Waals surface area (Å²) in [5.41, 5.74) is 2.13. The summed E-state index contributed by atoms with van der Waals surface area (Å²) >= 11 is 0. The molecule has 4 rings (SSSR count). The molecule has 30 heavy (non-hydrogen) atoms. The number of hydrogen-bond donors (Lipinski definition) is 1. The summed E-state index contributed by atoms with van der Waals surface area (Å²) in [6.45, 7) is 1.79. The molecule has 0 radical (unpaired) electrons. The second kappa shape index (κ2) is 7.84. The highest BCUT2D eigenvalue weighted by Crippen LogP contribution is 2.33. The number of H-pyrrole nitrogens is 1. The van der Waals surface area contributed by atoms with Crippen LogP contribution in [0.15, 0.2) is 47.4 Å². The number of benzene rings is 2. The van der Waals surface area contributed by atoms with E-state index in [0.717, 1.165) is 5.69 Å². The average molecular weight is 411 g/mol. The molecule has 2 heterocycles. The standard InChI is InChI=1S/C20H17N3O7/c1-12-8-21-20(25)22(12)16-4-2-13(3-5-16)19(24)29-10-15-7-17(23(26)27)6-14-9-28-11-30-18(14)15/h2-8H,9-11H2,1H3,(H,21,25). The minimum absolute atomic E-state index is 0.0190. The second-order valence-electron chi connectivity index (χ2n) is 6.65. The van der Waals surface area contributed by atoms with E-state index in [2.05, 4.69) is 4.98 Å². The molecular formula is C20H17N3O7. The van der Waals surface area contributed by atoms with Crippen molar-refractivity contribution in [3.05, 3.63) is 85.6 Å². The smallest absolute Gasteiger partial charge is 0.338 e. The molecule has 1 aliphatic heterocycles. The molecule has 0 amide bonds. The molecule has 2 aromatic carbocycles. The number of aromatic amines is 1. The van der Waals surface area contributed by atoms with E-state index < -0.39 is 10.9 Å². The van der Waals surface area contributed by atoms with Gasteiger partial charge in [0, 0.05) is 35.2 Å². The van der Waals surface area contributed by atoms with Crippen LogP contribution < -0.4 is 10.4 Å². The monoisotopic (exact) mass is 411 g/mol. The SMILES string of the molecule is Cc1c[nH]c(=O)n1-c1ccc(C(=O)OCc2cc([N+](=O)[O-])cc3c2OCOC3)cc1. The zero-order chi connectivity index (χ0) is 21.3. The molecule has 1 N–H and O–H groups in total. The first-order valence-corrected chi connectivity index (χ1v) is 8.99. The molecule has 0 saturated heterocycles. The van der Waals surface area contributed by atoms with Gasteiger partial charge in [0.05, 0.1) is 22.8 Å². The van der Waals surface area contributed by atoms with Crippen molar-refractivity contribution in [1.29, 1.82) is 0 Å². The Morgan fingerprint density at radius 3 is 2.73 bits per heavy atom. The Morgan fingerprint density at radius 2 is 2.07 bits per heavy atom. The third-order valence-corrected chi connectivity index (χ3v) is 4.66. The van der Waals surface area contributed by atoms with E-state index in [1.54, 1.807) is 37.4 Å². The van der Waals surface area contributed by atoms with E-state index in [1.165, 1.54) is 16.7 Å². The lowest BCUT2D eigenvalue weighted by atomic mass is 10.1. The van der Waals surface area contributed by atoms with E-state index in [-0.39, 0.29) is 36.9 Å². The number of aryl methyl sites for hydroxylation is 1. The van der Waals surface area contributed by atoms with Crippen molar-refractivity contribution in [1.82, 2.24) is 9.55 Å². The van der Waals surface area contributed by atoms with E-state index in [4.69, 9.17) is 14.2 Å². The minimum Gasteiger partial charge on any atom is -0.467 e. The summed E-state index contributed by atoms with van der Waals surface area (Å²) in [6, 6.07) is 9.06. The average Bonchev–Trinajstić information content (AvgIpc) is 3.09. The normalized spacial score (nSPS) is 12.7. The Morgan fingerprint density at radius 1 is 1.30 bits per heavy atom. The first kappa shape index (κ1) is 19.4. The lowest BCUT2D eigenvalue weighted by Crippen LogP contribution is -2.16. The van der Waals surface area contributed by atoms with Crippen LogP contribution >= 0.6 is 0 Å². The Labute approximate surface area is 169 Å². The fourth-order valence-electron chi connectivity index (χ4n) is 3.24. The summed E-state index contributed by atoms with van der Waals surface area (Å²) in [7, 11) is 0. The topological polar surface area (TPSA) is 126 Å². The maximum Gasteiger partial charge on any atom is 0.338 e. The second-order valence-corrected chi connectivity index (χ2v) is 6.65. The van der Waals surface area contributed by atoms with Crippen LogP contribution in [0.2, 0.25) is 0 Å². The molecule has 10 heteroatoms. The van der Waals surface area contributed by atoms with Crippen LogP contribution in [0, 0.1) is 17.0 Å². The van der Waals surface area contributed by atoms with Gasteiger partial charge in [-0.05, 0) is 31.2 Å². The Bertz CT molecular complexity index is 1180. The van der Waals surface area contributed by atoms with E-state index in [0.29, 0.717) is 22.6 Å². The van der Waals surface area contributed by atoms with E-state index in [1.807, 2.05) is 0 Å². The van der Waals surface area contributed by atoms with Gasteiger partial charge in [-0.15, -0.1) is 0 Å². The molecular weight excluding hydrogens is 394 g/mol. The van der Waals surface area contributed by atoms with Crippen LogP contribution in [-0.4, -0.2) is 27.2 Å². The number of non-ortho nitro benzene ring substituents is 1. The molecule has 1 aromatic heterocycles. The van der Waals surface area contributed by atoms with Crippen molar-refractivity contribution in [2.75, 3.05) is 6.79 Å². The lowest BCUT2D eigenvalue weighted by Gasteiger charge is -2.20. The molecule has 0 aliphatic carbocycles. The molecule has 0 saturated carbocycles. The van der Waals surface area contributed by atoms with Crippen molar-refractivity contribution in [3.63, 3.8) is 0 Å². The summed E-state index contributed by atoms with van der Waals surface area (Å²) in [5.74, 6) is -0.177. The maximum atomic E-state index is 12.4. The Kier molecular flexibility index (Phi) is 5.07. The van der Waals surface area contributed by atoms with Gasteiger partial charge in [-0.1, -0.05) is 0 Å². The number of aromatic nitrogens is 2. The van der Waals surface area contributed by atoms with Crippen LogP contribution in [0.1, 0.15) is 27.2 Å². The number of nitrogens with zero attached hydrogens (tertiary/aromatic N) is 2. The zero-order valence-corrected chi connectivity index (χ0v) is 15.9. The predicted octanol–water partition coefficient (Wildman–Crippen LogP) is 2.61. The number of nitrogens with one attached hydrogen (secondary N) is 1. The molecule has 0 unspecified atom stereocenters. The number of hydrogen-bond acceptors (Lipinski definition) is 7. The number of esters is 1. The number of carbonyl (C=O) groups excluding carboxylic acids is 1. The van der Waals surface area contributed by atoms with Crippen LogP contribution in [0.5, 0.6) is 5.75 Å². The molecule has 0 atom stereocenters. The lowest BCUT2D eigenvalue weighted by molar-refractivity contribution is -0.385. The maximum absolute atomic E-state index is 12.4. The third kappa shape index (κ3) is 3.67. The molecule has 0 bridgehead atoms. The van der Waals surface area contributed by atoms with Crippen molar-refractivity contribution in [3.8, 4) is 11.4 Å². The van der Waals surface area contributed by atoms with Gasteiger partial charge in [0.1, 0.15) is 12.4 Å². The Hall–Kier alpha value is -3.92. The highest BCUT2D eigenvalue weighted by atomic mass is 16.7. The number of rotatable bonds is 5. The van der Waals surface area contributed by atoms with Crippen LogP contribution in [0.25, 0.3) is 5.69 Å². The van der Waals surface area contributed by atoms with Gasteiger partial charge in [0.2, 0.25) is 0 Å². The number of carbonyl (C=O) groups is 1. The highest BCUT2D eigenvalue weighted by Gasteiger charge is 2.22. The molecule has 10 nitrogen and oxygen atoms in total. The van der Waals surface area contributed by atoms with Crippen molar-refractivity contribution in [2.24, 2.45) is 0 Å². The number of fused-ring (bicyclic) bond motifs is 1. The van der Waals surface area contributed by atoms with Crippen molar-refractivity contribution < 1.29 is 23.9 Å². The van der Waals surface area contributed by atoms with Crippen molar-refractivity contribution in [2.45, 2.75) is 20.1 Å². The summed E-state index contributed by atoms with van der Waals surface area (Å²) in [6.07, 6.45) is 1.59. The summed E-state index contributed by atoms with van der Waals surface area (Å²) in [4.78, 5) is 37.5. The van der Waals surface area contributed by atoms with Gasteiger partial charge in [-0.3, -0.25) is 14.7 Å². The van der Waals surface area contributed by atoms with Gasteiger partial charge in [-0.25, -0.2) is 9.59 Å². The van der Waals surface area contributed by atoms with Gasteiger partial charge in [0.15, 0.2) is 6.79 Å². The predicted molar refractivity (Wildman–Crippen MR) is 104 cm³/mol. The molecule has 1 aliphatic rings. The number of imidazole rings is 1. The summed E-state index contributed by atoms with van der Waals surface area (Å²) in [5, 5.41) is 11.2. The van der Waals surface area contributed by atoms with Gasteiger partial charge in [-0.2, -0.15) is 0 Å². The third-order valence-electron chi connectivity index (χ3n) is 4.66. The highest BCUT2D eigenvalue weighted by molar-refractivity contribution is 5.89. The van der Waals surface area contributed by atoms with Gasteiger partial charge < -0.3 is 19.2 Å². The van der Waals surface area contributed by atoms with Crippen LogP contribution in [-0.2, 0) is 22.7 Å². The van der Waals surface area contributed by atoms with Gasteiger partial charge in [0.25, 0.3) is 5.69 Å².